The Kier molecular flexibility index (Phi) is 3.98. The van der Waals surface area contributed by atoms with E-state index in [2.05, 4.69) is 20.5 Å². The molecule has 8 heteroatoms. The summed E-state index contributed by atoms with van der Waals surface area (Å²) in [5.74, 6) is 0.545. The van der Waals surface area contributed by atoms with E-state index in [-0.39, 0.29) is 11.9 Å². The van der Waals surface area contributed by atoms with Gasteiger partial charge in [0.25, 0.3) is 5.89 Å². The third-order valence-electron chi connectivity index (χ3n) is 4.85. The smallest absolute Gasteiger partial charge is 0.280 e. The summed E-state index contributed by atoms with van der Waals surface area (Å²) in [4.78, 5) is 4.49. The number of hydrogen-bond donors (Lipinski definition) is 0. The first-order chi connectivity index (χ1) is 13.7. The second kappa shape index (κ2) is 6.65. The van der Waals surface area contributed by atoms with Gasteiger partial charge in [0.1, 0.15) is 11.9 Å². The monoisotopic (exact) mass is 377 g/mol. The number of nitrogens with zero attached hydrogens (tertiary/aromatic N) is 5. The van der Waals surface area contributed by atoms with Crippen LogP contribution in [0.3, 0.4) is 0 Å². The van der Waals surface area contributed by atoms with Crippen molar-refractivity contribution in [3.05, 3.63) is 71.2 Å². The van der Waals surface area contributed by atoms with Gasteiger partial charge in [-0.05, 0) is 30.2 Å². The molecule has 0 bridgehead atoms. The van der Waals surface area contributed by atoms with Crippen LogP contribution in [0.25, 0.3) is 23.0 Å². The molecule has 2 aromatic heterocycles. The van der Waals surface area contributed by atoms with Crippen molar-refractivity contribution in [3.63, 3.8) is 0 Å². The standard InChI is InChI=1S/C20H16FN5O2/c1-12-4-2-3-5-15(12)19-22-20(28-24-19)18-16-11-27-17(10-26(16)25-23-18)13-6-8-14(21)9-7-13/h2-9,17H,10-11H2,1H3/t17-/m0/s1. The van der Waals surface area contributed by atoms with Crippen LogP contribution in [0.5, 0.6) is 0 Å². The van der Waals surface area contributed by atoms with Crippen molar-refractivity contribution in [3.8, 4) is 23.0 Å². The van der Waals surface area contributed by atoms with E-state index in [4.69, 9.17) is 9.26 Å². The van der Waals surface area contributed by atoms with E-state index in [9.17, 15) is 4.39 Å². The molecule has 1 aliphatic rings. The minimum Gasteiger partial charge on any atom is -0.365 e. The summed E-state index contributed by atoms with van der Waals surface area (Å²) < 4.78 is 26.3. The fourth-order valence-corrected chi connectivity index (χ4v) is 3.31. The minimum absolute atomic E-state index is 0.215. The van der Waals surface area contributed by atoms with E-state index < -0.39 is 0 Å². The highest BCUT2D eigenvalue weighted by atomic mass is 19.1. The lowest BCUT2D eigenvalue weighted by atomic mass is 10.1. The number of ether oxygens (including phenoxy) is 1. The highest BCUT2D eigenvalue weighted by molar-refractivity contribution is 5.62. The molecule has 5 rings (SSSR count). The maximum atomic E-state index is 13.1. The van der Waals surface area contributed by atoms with Crippen molar-refractivity contribution < 1.29 is 13.7 Å². The number of aryl methyl sites for hydroxylation is 1. The van der Waals surface area contributed by atoms with Crippen LogP contribution in [0.1, 0.15) is 22.9 Å². The molecule has 0 aliphatic carbocycles. The van der Waals surface area contributed by atoms with Gasteiger partial charge < -0.3 is 9.26 Å². The number of hydrogen-bond acceptors (Lipinski definition) is 6. The second-order valence-corrected chi connectivity index (χ2v) is 6.66. The van der Waals surface area contributed by atoms with Crippen LogP contribution in [0.15, 0.2) is 53.1 Å². The van der Waals surface area contributed by atoms with Gasteiger partial charge in [-0.3, -0.25) is 0 Å². The molecule has 7 nitrogen and oxygen atoms in total. The molecule has 0 amide bonds. The first-order valence-corrected chi connectivity index (χ1v) is 8.88. The van der Waals surface area contributed by atoms with Crippen molar-refractivity contribution in [2.45, 2.75) is 26.2 Å². The molecule has 0 saturated carbocycles. The predicted octanol–water partition coefficient (Wildman–Crippen LogP) is 3.71. The summed E-state index contributed by atoms with van der Waals surface area (Å²) in [5.41, 5.74) is 4.16. The van der Waals surface area contributed by atoms with Crippen molar-refractivity contribution in [2.24, 2.45) is 0 Å². The van der Waals surface area contributed by atoms with E-state index >= 15 is 0 Å². The average molecular weight is 377 g/mol. The van der Waals surface area contributed by atoms with Gasteiger partial charge in [0.15, 0.2) is 5.69 Å². The Morgan fingerprint density at radius 1 is 1.11 bits per heavy atom. The summed E-state index contributed by atoms with van der Waals surface area (Å²) >= 11 is 0. The minimum atomic E-state index is -0.274. The zero-order valence-electron chi connectivity index (χ0n) is 15.0. The molecule has 2 aromatic carbocycles. The van der Waals surface area contributed by atoms with Crippen molar-refractivity contribution >= 4 is 0 Å². The predicted molar refractivity (Wildman–Crippen MR) is 97.4 cm³/mol. The number of rotatable bonds is 3. The van der Waals surface area contributed by atoms with Gasteiger partial charge in [0, 0.05) is 5.56 Å². The zero-order valence-corrected chi connectivity index (χ0v) is 15.0. The average Bonchev–Trinajstić information content (AvgIpc) is 3.35. The van der Waals surface area contributed by atoms with Gasteiger partial charge in [-0.1, -0.05) is 46.8 Å². The molecule has 140 valence electrons. The number of halogens is 1. The summed E-state index contributed by atoms with van der Waals surface area (Å²) in [5, 5.41) is 12.5. The molecule has 0 radical (unpaired) electrons. The molecule has 3 heterocycles. The lowest BCUT2D eigenvalue weighted by Crippen LogP contribution is -2.22. The van der Waals surface area contributed by atoms with E-state index in [0.29, 0.717) is 30.6 Å². The normalized spacial score (nSPS) is 16.1. The Morgan fingerprint density at radius 2 is 1.93 bits per heavy atom. The molecule has 0 spiro atoms. The SMILES string of the molecule is Cc1ccccc1-c1noc(-c2nnn3c2CO[C@H](c2ccc(F)cc2)C3)n1. The maximum absolute atomic E-state index is 13.1. The summed E-state index contributed by atoms with van der Waals surface area (Å²) in [6, 6.07) is 14.1. The van der Waals surface area contributed by atoms with Gasteiger partial charge in [0.05, 0.1) is 18.8 Å². The molecule has 1 aliphatic heterocycles. The van der Waals surface area contributed by atoms with Crippen molar-refractivity contribution in [1.29, 1.82) is 0 Å². The van der Waals surface area contributed by atoms with Crippen LogP contribution in [-0.4, -0.2) is 25.1 Å². The highest BCUT2D eigenvalue weighted by Gasteiger charge is 2.28. The molecular formula is C20H16FN5O2. The van der Waals surface area contributed by atoms with E-state index in [1.54, 1.807) is 16.8 Å². The quantitative estimate of drug-likeness (QED) is 0.541. The van der Waals surface area contributed by atoms with E-state index in [1.807, 2.05) is 31.2 Å². The van der Waals surface area contributed by atoms with Crippen LogP contribution in [0.4, 0.5) is 4.39 Å². The van der Waals surface area contributed by atoms with Gasteiger partial charge in [-0.25, -0.2) is 9.07 Å². The summed E-state index contributed by atoms with van der Waals surface area (Å²) in [6.07, 6.45) is -0.215. The van der Waals surface area contributed by atoms with Crippen LogP contribution in [0, 0.1) is 12.7 Å². The third-order valence-corrected chi connectivity index (χ3v) is 4.85. The number of aromatic nitrogens is 5. The van der Waals surface area contributed by atoms with E-state index in [0.717, 1.165) is 22.4 Å². The fourth-order valence-electron chi connectivity index (χ4n) is 3.31. The number of benzene rings is 2. The maximum Gasteiger partial charge on any atom is 0.280 e. The van der Waals surface area contributed by atoms with Crippen LogP contribution < -0.4 is 0 Å². The third kappa shape index (κ3) is 2.87. The van der Waals surface area contributed by atoms with Crippen molar-refractivity contribution in [1.82, 2.24) is 25.1 Å². The number of fused-ring (bicyclic) bond motifs is 1. The fraction of sp³-hybridized carbons (Fsp3) is 0.200. The molecule has 28 heavy (non-hydrogen) atoms. The van der Waals surface area contributed by atoms with Gasteiger partial charge in [0.2, 0.25) is 5.82 Å². The molecule has 0 unspecified atom stereocenters. The lowest BCUT2D eigenvalue weighted by Gasteiger charge is -2.24. The molecule has 0 fully saturated rings. The first kappa shape index (κ1) is 16.8. The van der Waals surface area contributed by atoms with Crippen LogP contribution in [-0.2, 0) is 17.9 Å². The van der Waals surface area contributed by atoms with Crippen LogP contribution >= 0.6 is 0 Å². The highest BCUT2D eigenvalue weighted by Crippen LogP contribution is 2.31. The Morgan fingerprint density at radius 3 is 2.75 bits per heavy atom. The van der Waals surface area contributed by atoms with Gasteiger partial charge >= 0.3 is 0 Å². The Bertz CT molecular complexity index is 1140. The molecular weight excluding hydrogens is 361 g/mol. The van der Waals surface area contributed by atoms with Crippen LogP contribution in [0.2, 0.25) is 0 Å². The summed E-state index contributed by atoms with van der Waals surface area (Å²) in [7, 11) is 0. The molecule has 0 saturated heterocycles. The Labute approximate surface area is 159 Å². The molecule has 1 atom stereocenters. The van der Waals surface area contributed by atoms with Crippen molar-refractivity contribution in [2.75, 3.05) is 0 Å². The Balaban J connectivity index is 1.43. The Hall–Kier alpha value is -3.39. The van der Waals surface area contributed by atoms with E-state index in [1.165, 1.54) is 12.1 Å². The molecule has 0 N–H and O–H groups in total. The lowest BCUT2D eigenvalue weighted by molar-refractivity contribution is -0.00120. The zero-order chi connectivity index (χ0) is 19.1. The van der Waals surface area contributed by atoms with Gasteiger partial charge in [-0.15, -0.1) is 5.10 Å². The largest absolute Gasteiger partial charge is 0.365 e. The topological polar surface area (TPSA) is 78.9 Å². The summed E-state index contributed by atoms with van der Waals surface area (Å²) in [6.45, 7) is 2.77. The van der Waals surface area contributed by atoms with Gasteiger partial charge in [-0.2, -0.15) is 4.98 Å². The second-order valence-electron chi connectivity index (χ2n) is 6.66. The molecule has 4 aromatic rings. The first-order valence-electron chi connectivity index (χ1n) is 8.88.